The van der Waals surface area contributed by atoms with E-state index in [1.54, 1.807) is 7.11 Å². The van der Waals surface area contributed by atoms with E-state index in [-0.39, 0.29) is 45.8 Å². The Bertz CT molecular complexity index is 1600. The number of sulfonamides is 2. The molecule has 2 aromatic rings. The summed E-state index contributed by atoms with van der Waals surface area (Å²) in [4.78, 5) is 12.6. The van der Waals surface area contributed by atoms with Gasteiger partial charge in [-0.2, -0.15) is 4.31 Å². The standard InChI is InChI=1S/C34H51N3O9S3/c1-3-35-29-23-37(18-11-19-46-2)49(44,45)34-28(29)21-33(47-34)48(42,43)36-32(41)15-10-5-4-9-14-26-27(31(40)22-30(26)39)17-16-25(38)20-24-12-7-6-8-13-24/h4,6-9,12-13,21,25-27,29-31,35,38-40H,3,5,10-11,14-20,22-23H2,1-2H3,(H,36,41)/b9-4-/t25-,26-,27-,29-,30+,31-/m1/s1. The minimum atomic E-state index is -4.29. The fraction of sp³-hybridized carbons (Fsp3) is 0.618. The Hall–Kier alpha value is -2.21. The van der Waals surface area contributed by atoms with E-state index in [0.717, 1.165) is 5.56 Å². The summed E-state index contributed by atoms with van der Waals surface area (Å²) < 4.78 is 61.2. The number of benzene rings is 1. The zero-order valence-electron chi connectivity index (χ0n) is 28.2. The molecule has 0 bridgehead atoms. The van der Waals surface area contributed by atoms with Crippen molar-refractivity contribution in [3.63, 3.8) is 0 Å². The van der Waals surface area contributed by atoms with Gasteiger partial charge in [0.15, 0.2) is 0 Å². The molecule has 0 radical (unpaired) electrons. The van der Waals surface area contributed by atoms with Gasteiger partial charge in [-0.1, -0.05) is 49.4 Å². The van der Waals surface area contributed by atoms with Crippen LogP contribution in [0.4, 0.5) is 0 Å². The molecule has 2 aliphatic rings. The van der Waals surface area contributed by atoms with Gasteiger partial charge in [0.25, 0.3) is 20.0 Å². The molecule has 1 fully saturated rings. The number of carbonyl (C=O) groups is 1. The summed E-state index contributed by atoms with van der Waals surface area (Å²) in [5.74, 6) is -0.963. The van der Waals surface area contributed by atoms with Crippen molar-refractivity contribution in [2.24, 2.45) is 11.8 Å². The Morgan fingerprint density at radius 1 is 1.14 bits per heavy atom. The fourth-order valence-corrected chi connectivity index (χ4v) is 11.7. The highest BCUT2D eigenvalue weighted by Gasteiger charge is 2.41. The number of likely N-dealkylation sites (N-methyl/N-ethyl adjacent to an activating group) is 1. The molecular weight excluding hydrogens is 691 g/mol. The van der Waals surface area contributed by atoms with E-state index in [9.17, 15) is 36.9 Å². The summed E-state index contributed by atoms with van der Waals surface area (Å²) in [6.45, 7) is 3.25. The van der Waals surface area contributed by atoms with Crippen LogP contribution in [0.1, 0.15) is 75.5 Å². The summed E-state index contributed by atoms with van der Waals surface area (Å²) >= 11 is 0.649. The third-order valence-electron chi connectivity index (χ3n) is 9.28. The summed E-state index contributed by atoms with van der Waals surface area (Å²) in [6.07, 6.45) is 5.84. The van der Waals surface area contributed by atoms with E-state index in [1.165, 1.54) is 10.4 Å². The van der Waals surface area contributed by atoms with Crippen molar-refractivity contribution in [2.45, 2.75) is 97.5 Å². The molecule has 1 aliphatic carbocycles. The number of hydrogen-bond acceptors (Lipinski definition) is 11. The number of hydrogen-bond donors (Lipinski definition) is 5. The second-order valence-electron chi connectivity index (χ2n) is 12.9. The Morgan fingerprint density at radius 3 is 2.59 bits per heavy atom. The Balaban J connectivity index is 1.26. The first kappa shape index (κ1) is 39.6. The minimum Gasteiger partial charge on any atom is -0.393 e. The number of nitrogens with zero attached hydrogens (tertiary/aromatic N) is 1. The number of ether oxygens (including phenoxy) is 1. The van der Waals surface area contributed by atoms with Gasteiger partial charge in [-0.3, -0.25) is 4.79 Å². The van der Waals surface area contributed by atoms with Crippen LogP contribution in [0.5, 0.6) is 0 Å². The summed E-state index contributed by atoms with van der Waals surface area (Å²) in [5, 5.41) is 34.9. The van der Waals surface area contributed by atoms with Crippen molar-refractivity contribution in [1.29, 1.82) is 0 Å². The summed E-state index contributed by atoms with van der Waals surface area (Å²) in [6, 6.07) is 10.7. The van der Waals surface area contributed by atoms with E-state index in [0.29, 0.717) is 81.4 Å². The lowest BCUT2D eigenvalue weighted by molar-refractivity contribution is -0.119. The van der Waals surface area contributed by atoms with Crippen LogP contribution in [0.2, 0.25) is 0 Å². The highest BCUT2D eigenvalue weighted by Crippen LogP contribution is 2.41. The normalized spacial score (nSPS) is 24.6. The molecule has 0 saturated heterocycles. The molecule has 274 valence electrons. The average molecular weight is 742 g/mol. The van der Waals surface area contributed by atoms with Gasteiger partial charge in [0.1, 0.15) is 8.42 Å². The number of methoxy groups -OCH3 is 1. The van der Waals surface area contributed by atoms with Crippen molar-refractivity contribution in [2.75, 3.05) is 33.4 Å². The molecule has 4 rings (SSSR count). The molecule has 2 heterocycles. The SMILES string of the molecule is CCN[C@@H]1CN(CCCOC)S(=O)(=O)c2sc(S(=O)(=O)NC(=O)CCC/C=C\C[C@@H]3[C@@H](CC[C@@H](O)Cc4ccccc4)[C@H](O)C[C@@H]3O)cc21. The lowest BCUT2D eigenvalue weighted by atomic mass is 9.85. The number of unbranched alkanes of at least 4 members (excludes halogenated alkanes) is 1. The fourth-order valence-electron chi connectivity index (χ4n) is 6.76. The number of aliphatic hydroxyl groups is 3. The number of carbonyl (C=O) groups excluding carboxylic acids is 1. The maximum atomic E-state index is 13.3. The van der Waals surface area contributed by atoms with E-state index < -0.39 is 44.3 Å². The Kier molecular flexibility index (Phi) is 14.8. The first-order valence-corrected chi connectivity index (χ1v) is 20.8. The van der Waals surface area contributed by atoms with Crippen LogP contribution in [0.25, 0.3) is 0 Å². The molecule has 0 unspecified atom stereocenters. The van der Waals surface area contributed by atoms with Gasteiger partial charge in [0.05, 0.1) is 18.3 Å². The summed E-state index contributed by atoms with van der Waals surface area (Å²) in [5.41, 5.74) is 1.44. The number of allylic oxidation sites excluding steroid dienone is 2. The predicted molar refractivity (Wildman–Crippen MR) is 188 cm³/mol. The van der Waals surface area contributed by atoms with Gasteiger partial charge in [-0.05, 0) is 81.4 Å². The van der Waals surface area contributed by atoms with Crippen LogP contribution in [-0.2, 0) is 36.0 Å². The van der Waals surface area contributed by atoms with Gasteiger partial charge >= 0.3 is 0 Å². The number of amides is 1. The molecule has 49 heavy (non-hydrogen) atoms. The molecule has 1 aromatic carbocycles. The predicted octanol–water partition coefficient (Wildman–Crippen LogP) is 3.10. The molecule has 1 amide bonds. The maximum Gasteiger partial charge on any atom is 0.273 e. The molecule has 1 saturated carbocycles. The van der Waals surface area contributed by atoms with Crippen LogP contribution < -0.4 is 10.0 Å². The maximum absolute atomic E-state index is 13.3. The molecular formula is C34H51N3O9S3. The van der Waals surface area contributed by atoms with Crippen molar-refractivity contribution >= 4 is 37.3 Å². The molecule has 0 spiro atoms. The largest absolute Gasteiger partial charge is 0.393 e. The second kappa shape index (κ2) is 18.3. The average Bonchev–Trinajstić information content (AvgIpc) is 3.63. The number of fused-ring (bicyclic) bond motifs is 1. The van der Waals surface area contributed by atoms with Gasteiger partial charge in [0, 0.05) is 44.8 Å². The molecule has 6 atom stereocenters. The number of nitrogens with one attached hydrogen (secondary N) is 2. The van der Waals surface area contributed by atoms with Gasteiger partial charge in [-0.15, -0.1) is 11.3 Å². The minimum absolute atomic E-state index is 0.0365. The number of rotatable bonds is 19. The van der Waals surface area contributed by atoms with E-state index in [2.05, 4.69) is 10.0 Å². The molecule has 1 aliphatic heterocycles. The van der Waals surface area contributed by atoms with Crippen LogP contribution >= 0.6 is 11.3 Å². The highest BCUT2D eigenvalue weighted by atomic mass is 32.3. The molecule has 5 N–H and O–H groups in total. The third-order valence-corrected chi connectivity index (χ3v) is 14.7. The Labute approximate surface area is 294 Å². The van der Waals surface area contributed by atoms with E-state index in [1.807, 2.05) is 49.4 Å². The monoisotopic (exact) mass is 741 g/mol. The smallest absolute Gasteiger partial charge is 0.273 e. The zero-order chi connectivity index (χ0) is 35.6. The van der Waals surface area contributed by atoms with E-state index >= 15 is 0 Å². The van der Waals surface area contributed by atoms with Crippen LogP contribution in [0.15, 0.2) is 57.0 Å². The highest BCUT2D eigenvalue weighted by molar-refractivity contribution is 7.94. The molecule has 12 nitrogen and oxygen atoms in total. The van der Waals surface area contributed by atoms with E-state index in [4.69, 9.17) is 4.74 Å². The van der Waals surface area contributed by atoms with Crippen molar-refractivity contribution in [3.8, 4) is 0 Å². The van der Waals surface area contributed by atoms with Crippen LogP contribution in [0.3, 0.4) is 0 Å². The van der Waals surface area contributed by atoms with Gasteiger partial charge in [0.2, 0.25) is 5.91 Å². The summed E-state index contributed by atoms with van der Waals surface area (Å²) in [7, 11) is -6.65. The second-order valence-corrected chi connectivity index (χ2v) is 18.0. The van der Waals surface area contributed by atoms with Crippen molar-refractivity contribution in [3.05, 3.63) is 59.7 Å². The van der Waals surface area contributed by atoms with Crippen molar-refractivity contribution < 1.29 is 41.7 Å². The first-order chi connectivity index (χ1) is 23.4. The quantitative estimate of drug-likeness (QED) is 0.106. The lowest BCUT2D eigenvalue weighted by Gasteiger charge is -2.32. The van der Waals surface area contributed by atoms with Crippen molar-refractivity contribution in [1.82, 2.24) is 14.3 Å². The van der Waals surface area contributed by atoms with Crippen LogP contribution in [0, 0.1) is 11.8 Å². The third kappa shape index (κ3) is 10.7. The lowest BCUT2D eigenvalue weighted by Crippen LogP contribution is -2.43. The number of aliphatic hydroxyl groups excluding tert-OH is 3. The zero-order valence-corrected chi connectivity index (χ0v) is 30.7. The Morgan fingerprint density at radius 2 is 1.88 bits per heavy atom. The van der Waals surface area contributed by atoms with Gasteiger partial charge in [-0.25, -0.2) is 21.6 Å². The topological polar surface area (TPSA) is 183 Å². The van der Waals surface area contributed by atoms with Crippen LogP contribution in [-0.4, -0.2) is 94.0 Å². The first-order valence-electron chi connectivity index (χ1n) is 17.0. The number of thiophene rings is 1. The van der Waals surface area contributed by atoms with Gasteiger partial charge < -0.3 is 25.4 Å². The molecule has 15 heteroatoms. The molecule has 1 aromatic heterocycles.